The molecule has 3 rings (SSSR count). The summed E-state index contributed by atoms with van der Waals surface area (Å²) in [6.07, 6.45) is -4.12. The highest BCUT2D eigenvalue weighted by atomic mass is 35.5. The number of likely N-dealkylation sites (tertiary alicyclic amines) is 1. The second-order valence-electron chi connectivity index (χ2n) is 8.74. The Balaban J connectivity index is 2.09. The number of nitrogens with one attached hydrogen (secondary N) is 1. The highest BCUT2D eigenvalue weighted by Crippen LogP contribution is 2.47. The molecule has 2 N–H and O–H groups in total. The van der Waals surface area contributed by atoms with E-state index < -0.39 is 36.7 Å². The van der Waals surface area contributed by atoms with Crippen LogP contribution in [0, 0.1) is 5.92 Å². The molecule has 0 spiro atoms. The molecule has 10 heteroatoms. The number of carboxylic acids is 1. The molecule has 1 fully saturated rings. The van der Waals surface area contributed by atoms with E-state index in [1.54, 1.807) is 54.3 Å². The van der Waals surface area contributed by atoms with E-state index in [2.05, 4.69) is 5.32 Å². The summed E-state index contributed by atoms with van der Waals surface area (Å²) in [6, 6.07) is 13.0. The second-order valence-corrected chi connectivity index (χ2v) is 9.61. The van der Waals surface area contributed by atoms with Crippen LogP contribution in [0.2, 0.25) is 10.0 Å². The standard InChI is InChI=1S/C25H27Cl2F3N2O3/c1-2-20(13-31-14-25(28,29)30)32-23(15-6-8-18(26)9-7-15)21(16-4-3-5-19(27)10-16)11-17(24(32)35)12-22(33)34/h3-10,17,20-21,23,31H,2,11-14H2,1H3,(H,33,34). The smallest absolute Gasteiger partial charge is 0.401 e. The molecule has 2 aromatic rings. The van der Waals surface area contributed by atoms with E-state index in [1.807, 2.05) is 6.07 Å². The number of hydrogen-bond acceptors (Lipinski definition) is 3. The molecule has 190 valence electrons. The van der Waals surface area contributed by atoms with Crippen molar-refractivity contribution in [3.63, 3.8) is 0 Å². The SMILES string of the molecule is CCC(CNCC(F)(F)F)N1C(=O)C(CC(=O)O)CC(c2cccc(Cl)c2)C1c1ccc(Cl)cc1. The molecule has 0 saturated carbocycles. The Kier molecular flexibility index (Phi) is 9.07. The van der Waals surface area contributed by atoms with Gasteiger partial charge in [0.05, 0.1) is 19.0 Å². The van der Waals surface area contributed by atoms with Gasteiger partial charge in [0.2, 0.25) is 5.91 Å². The number of alkyl halides is 3. The van der Waals surface area contributed by atoms with E-state index in [0.717, 1.165) is 11.1 Å². The highest BCUT2D eigenvalue weighted by Gasteiger charge is 2.46. The van der Waals surface area contributed by atoms with Crippen LogP contribution in [0.5, 0.6) is 0 Å². The molecule has 0 aromatic heterocycles. The van der Waals surface area contributed by atoms with Crippen LogP contribution in [-0.4, -0.2) is 47.2 Å². The molecular formula is C25H27Cl2F3N2O3. The van der Waals surface area contributed by atoms with Crippen molar-refractivity contribution in [1.29, 1.82) is 0 Å². The molecule has 4 atom stereocenters. The summed E-state index contributed by atoms with van der Waals surface area (Å²) in [4.78, 5) is 26.8. The fourth-order valence-electron chi connectivity index (χ4n) is 4.79. The zero-order chi connectivity index (χ0) is 25.8. The predicted octanol–water partition coefficient (Wildman–Crippen LogP) is 6.07. The Labute approximate surface area is 212 Å². The fourth-order valence-corrected chi connectivity index (χ4v) is 5.12. The van der Waals surface area contributed by atoms with Crippen molar-refractivity contribution in [1.82, 2.24) is 10.2 Å². The number of piperidine rings is 1. The van der Waals surface area contributed by atoms with Gasteiger partial charge in [0.25, 0.3) is 0 Å². The van der Waals surface area contributed by atoms with Gasteiger partial charge in [-0.05, 0) is 48.2 Å². The predicted molar refractivity (Wildman–Crippen MR) is 129 cm³/mol. The molecule has 0 bridgehead atoms. The Hall–Kier alpha value is -2.29. The molecule has 4 unspecified atom stereocenters. The number of halogens is 5. The molecular weight excluding hydrogens is 504 g/mol. The summed E-state index contributed by atoms with van der Waals surface area (Å²) >= 11 is 12.3. The van der Waals surface area contributed by atoms with Crippen molar-refractivity contribution in [2.24, 2.45) is 5.92 Å². The molecule has 0 radical (unpaired) electrons. The maximum atomic E-state index is 13.7. The largest absolute Gasteiger partial charge is 0.481 e. The summed E-state index contributed by atoms with van der Waals surface area (Å²) in [6.45, 7) is 0.517. The molecule has 1 aliphatic heterocycles. The van der Waals surface area contributed by atoms with Crippen molar-refractivity contribution in [3.05, 3.63) is 69.7 Å². The molecule has 0 aliphatic carbocycles. The number of rotatable bonds is 9. The molecule has 1 amide bonds. The Morgan fingerprint density at radius 1 is 1.14 bits per heavy atom. The normalized spacial score (nSPS) is 21.7. The van der Waals surface area contributed by atoms with Gasteiger partial charge in [0.15, 0.2) is 0 Å². The highest BCUT2D eigenvalue weighted by molar-refractivity contribution is 6.30. The van der Waals surface area contributed by atoms with Crippen LogP contribution in [0.4, 0.5) is 13.2 Å². The van der Waals surface area contributed by atoms with Gasteiger partial charge < -0.3 is 15.3 Å². The lowest BCUT2D eigenvalue weighted by molar-refractivity contribution is -0.152. The number of benzene rings is 2. The van der Waals surface area contributed by atoms with Crippen molar-refractivity contribution < 1.29 is 27.9 Å². The Bertz CT molecular complexity index is 1030. The molecule has 1 saturated heterocycles. The van der Waals surface area contributed by atoms with Gasteiger partial charge in [0.1, 0.15) is 0 Å². The van der Waals surface area contributed by atoms with Gasteiger partial charge in [-0.3, -0.25) is 9.59 Å². The number of carboxylic acid groups (broad SMARTS) is 1. The molecule has 2 aromatic carbocycles. The lowest BCUT2D eigenvalue weighted by atomic mass is 9.74. The van der Waals surface area contributed by atoms with Gasteiger partial charge in [-0.2, -0.15) is 13.2 Å². The zero-order valence-corrected chi connectivity index (χ0v) is 20.6. The van der Waals surface area contributed by atoms with Gasteiger partial charge >= 0.3 is 12.1 Å². The molecule has 5 nitrogen and oxygen atoms in total. The second kappa shape index (κ2) is 11.6. The summed E-state index contributed by atoms with van der Waals surface area (Å²) in [5.41, 5.74) is 1.58. The van der Waals surface area contributed by atoms with Crippen LogP contribution in [0.25, 0.3) is 0 Å². The number of amides is 1. The monoisotopic (exact) mass is 530 g/mol. The third-order valence-corrected chi connectivity index (χ3v) is 6.79. The van der Waals surface area contributed by atoms with Gasteiger partial charge in [-0.25, -0.2) is 0 Å². The maximum Gasteiger partial charge on any atom is 0.401 e. The fraction of sp³-hybridized carbons (Fsp3) is 0.440. The third kappa shape index (κ3) is 7.12. The zero-order valence-electron chi connectivity index (χ0n) is 19.1. The first-order chi connectivity index (χ1) is 16.5. The number of carbonyl (C=O) groups excluding carboxylic acids is 1. The summed E-state index contributed by atoms with van der Waals surface area (Å²) in [5, 5.41) is 12.9. The lowest BCUT2D eigenvalue weighted by Gasteiger charge is -2.48. The summed E-state index contributed by atoms with van der Waals surface area (Å²) < 4.78 is 38.4. The first-order valence-corrected chi connectivity index (χ1v) is 12.1. The number of aliphatic carboxylic acids is 1. The van der Waals surface area contributed by atoms with Crippen molar-refractivity contribution in [2.45, 2.75) is 50.4 Å². The first-order valence-electron chi connectivity index (χ1n) is 11.3. The van der Waals surface area contributed by atoms with Crippen LogP contribution in [0.1, 0.15) is 49.3 Å². The van der Waals surface area contributed by atoms with E-state index >= 15 is 0 Å². The van der Waals surface area contributed by atoms with E-state index in [9.17, 15) is 27.9 Å². The molecule has 35 heavy (non-hydrogen) atoms. The summed E-state index contributed by atoms with van der Waals surface area (Å²) in [7, 11) is 0. The van der Waals surface area contributed by atoms with Crippen LogP contribution in [0.3, 0.4) is 0 Å². The minimum atomic E-state index is -4.39. The quantitative estimate of drug-likeness (QED) is 0.412. The third-order valence-electron chi connectivity index (χ3n) is 6.30. The van der Waals surface area contributed by atoms with Crippen molar-refractivity contribution in [2.75, 3.05) is 13.1 Å². The van der Waals surface area contributed by atoms with Gasteiger partial charge in [-0.1, -0.05) is 54.4 Å². The van der Waals surface area contributed by atoms with Gasteiger partial charge in [-0.15, -0.1) is 0 Å². The van der Waals surface area contributed by atoms with Crippen molar-refractivity contribution in [3.8, 4) is 0 Å². The average Bonchev–Trinajstić information content (AvgIpc) is 2.78. The van der Waals surface area contributed by atoms with Crippen LogP contribution < -0.4 is 5.32 Å². The minimum absolute atomic E-state index is 0.0894. The number of hydrogen-bond donors (Lipinski definition) is 2. The Morgan fingerprint density at radius 3 is 2.40 bits per heavy atom. The van der Waals surface area contributed by atoms with E-state index in [-0.39, 0.29) is 31.2 Å². The van der Waals surface area contributed by atoms with E-state index in [0.29, 0.717) is 16.5 Å². The molecule has 1 aliphatic rings. The number of nitrogens with zero attached hydrogens (tertiary/aromatic N) is 1. The Morgan fingerprint density at radius 2 is 1.83 bits per heavy atom. The van der Waals surface area contributed by atoms with Gasteiger partial charge in [0, 0.05) is 34.5 Å². The van der Waals surface area contributed by atoms with Crippen LogP contribution in [-0.2, 0) is 9.59 Å². The average molecular weight is 531 g/mol. The van der Waals surface area contributed by atoms with Crippen molar-refractivity contribution >= 4 is 35.1 Å². The van der Waals surface area contributed by atoms with Crippen LogP contribution in [0.15, 0.2) is 48.5 Å². The topological polar surface area (TPSA) is 69.6 Å². The molecule has 1 heterocycles. The van der Waals surface area contributed by atoms with E-state index in [4.69, 9.17) is 23.2 Å². The maximum absolute atomic E-state index is 13.7. The van der Waals surface area contributed by atoms with E-state index in [1.165, 1.54) is 0 Å². The van der Waals surface area contributed by atoms with Crippen LogP contribution >= 0.6 is 23.2 Å². The lowest BCUT2D eigenvalue weighted by Crippen LogP contribution is -2.55. The summed E-state index contributed by atoms with van der Waals surface area (Å²) in [5.74, 6) is -2.64. The first kappa shape index (κ1) is 27.3. The minimum Gasteiger partial charge on any atom is -0.481 e. The number of carbonyl (C=O) groups is 2.